The molecule has 88 valence electrons. The minimum Gasteiger partial charge on any atom is -0.382 e. The van der Waals surface area contributed by atoms with E-state index < -0.39 is 17.2 Å². The molecule has 4 heteroatoms. The highest BCUT2D eigenvalue weighted by Gasteiger charge is 2.43. The third-order valence-electron chi connectivity index (χ3n) is 3.06. The van der Waals surface area contributed by atoms with Gasteiger partial charge in [0, 0.05) is 25.2 Å². The zero-order valence-corrected chi connectivity index (χ0v) is 9.37. The Labute approximate surface area is 93.5 Å². The molecule has 1 aromatic carbocycles. The van der Waals surface area contributed by atoms with Crippen molar-refractivity contribution >= 4 is 0 Å². The van der Waals surface area contributed by atoms with E-state index in [0.717, 1.165) is 6.07 Å². The van der Waals surface area contributed by atoms with Crippen LogP contribution in [0.15, 0.2) is 18.2 Å². The summed E-state index contributed by atoms with van der Waals surface area (Å²) in [4.78, 5) is 2.04. The van der Waals surface area contributed by atoms with Crippen LogP contribution in [0.2, 0.25) is 0 Å². The Morgan fingerprint density at radius 1 is 1.19 bits per heavy atom. The molecule has 1 heterocycles. The standard InChI is InChI=1S/C12H15F2NO/c1-8(2)15-6-12(16,7-15)9-3-10(13)5-11(14)4-9/h3-5,8,16H,6-7H2,1-2H3. The van der Waals surface area contributed by atoms with Crippen molar-refractivity contribution in [2.75, 3.05) is 13.1 Å². The summed E-state index contributed by atoms with van der Waals surface area (Å²) >= 11 is 0. The average molecular weight is 227 g/mol. The van der Waals surface area contributed by atoms with E-state index in [1.165, 1.54) is 12.1 Å². The van der Waals surface area contributed by atoms with Gasteiger partial charge in [0.05, 0.1) is 0 Å². The third-order valence-corrected chi connectivity index (χ3v) is 3.06. The summed E-state index contributed by atoms with van der Waals surface area (Å²) < 4.78 is 26.0. The van der Waals surface area contributed by atoms with Gasteiger partial charge in [-0.1, -0.05) is 0 Å². The Kier molecular flexibility index (Phi) is 2.72. The molecular weight excluding hydrogens is 212 g/mol. The lowest BCUT2D eigenvalue weighted by molar-refractivity contribution is -0.116. The number of hydrogen-bond acceptors (Lipinski definition) is 2. The second kappa shape index (κ2) is 3.79. The van der Waals surface area contributed by atoms with Crippen LogP contribution in [-0.4, -0.2) is 29.1 Å². The highest BCUT2D eigenvalue weighted by Crippen LogP contribution is 2.33. The van der Waals surface area contributed by atoms with E-state index in [0.29, 0.717) is 24.7 Å². The van der Waals surface area contributed by atoms with Gasteiger partial charge in [0.2, 0.25) is 0 Å². The van der Waals surface area contributed by atoms with Crippen molar-refractivity contribution < 1.29 is 13.9 Å². The zero-order chi connectivity index (χ0) is 11.9. The molecule has 1 saturated heterocycles. The van der Waals surface area contributed by atoms with Crippen LogP contribution in [0.4, 0.5) is 8.78 Å². The lowest BCUT2D eigenvalue weighted by Gasteiger charge is -2.49. The molecule has 0 atom stereocenters. The third kappa shape index (κ3) is 1.95. The maximum Gasteiger partial charge on any atom is 0.126 e. The molecule has 0 saturated carbocycles. The smallest absolute Gasteiger partial charge is 0.126 e. The average Bonchev–Trinajstić information content (AvgIpc) is 2.10. The van der Waals surface area contributed by atoms with Crippen LogP contribution in [0.5, 0.6) is 0 Å². The van der Waals surface area contributed by atoms with E-state index >= 15 is 0 Å². The molecule has 2 nitrogen and oxygen atoms in total. The van der Waals surface area contributed by atoms with Gasteiger partial charge in [0.1, 0.15) is 17.2 Å². The van der Waals surface area contributed by atoms with Gasteiger partial charge in [-0.2, -0.15) is 0 Å². The highest BCUT2D eigenvalue weighted by molar-refractivity contribution is 5.28. The first-order valence-corrected chi connectivity index (χ1v) is 5.34. The second-order valence-electron chi connectivity index (χ2n) is 4.69. The first-order chi connectivity index (χ1) is 7.40. The summed E-state index contributed by atoms with van der Waals surface area (Å²) in [6, 6.07) is 3.53. The first kappa shape index (κ1) is 11.5. The Morgan fingerprint density at radius 2 is 1.69 bits per heavy atom. The van der Waals surface area contributed by atoms with Crippen LogP contribution in [-0.2, 0) is 5.60 Å². The van der Waals surface area contributed by atoms with Gasteiger partial charge < -0.3 is 5.11 Å². The predicted octanol–water partition coefficient (Wildman–Crippen LogP) is 1.88. The molecule has 1 N–H and O–H groups in total. The van der Waals surface area contributed by atoms with Crippen molar-refractivity contribution in [2.45, 2.75) is 25.5 Å². The predicted molar refractivity (Wildman–Crippen MR) is 57.0 cm³/mol. The van der Waals surface area contributed by atoms with Crippen LogP contribution >= 0.6 is 0 Å². The van der Waals surface area contributed by atoms with Crippen molar-refractivity contribution in [2.24, 2.45) is 0 Å². The van der Waals surface area contributed by atoms with E-state index in [-0.39, 0.29) is 0 Å². The maximum absolute atomic E-state index is 13.0. The molecule has 0 amide bonds. The molecule has 1 fully saturated rings. The fourth-order valence-electron chi connectivity index (χ4n) is 2.00. The summed E-state index contributed by atoms with van der Waals surface area (Å²) in [5, 5.41) is 10.2. The van der Waals surface area contributed by atoms with Gasteiger partial charge in [0.15, 0.2) is 0 Å². The van der Waals surface area contributed by atoms with Crippen LogP contribution < -0.4 is 0 Å². The van der Waals surface area contributed by atoms with Gasteiger partial charge >= 0.3 is 0 Å². The summed E-state index contributed by atoms with van der Waals surface area (Å²) in [7, 11) is 0. The van der Waals surface area contributed by atoms with Gasteiger partial charge in [-0.15, -0.1) is 0 Å². The Balaban J connectivity index is 2.19. The zero-order valence-electron chi connectivity index (χ0n) is 9.37. The Hall–Kier alpha value is -1.00. The lowest BCUT2D eigenvalue weighted by atomic mass is 9.85. The van der Waals surface area contributed by atoms with Crippen LogP contribution in [0, 0.1) is 11.6 Å². The summed E-state index contributed by atoms with van der Waals surface area (Å²) in [6.45, 7) is 4.89. The molecule has 1 aliphatic heterocycles. The molecule has 0 spiro atoms. The molecule has 2 rings (SSSR count). The number of aliphatic hydroxyl groups is 1. The number of likely N-dealkylation sites (tertiary alicyclic amines) is 1. The highest BCUT2D eigenvalue weighted by atomic mass is 19.1. The van der Waals surface area contributed by atoms with Crippen molar-refractivity contribution in [1.29, 1.82) is 0 Å². The normalized spacial score (nSPS) is 19.9. The molecule has 0 aromatic heterocycles. The largest absolute Gasteiger partial charge is 0.382 e. The molecular formula is C12H15F2NO. The fourth-order valence-corrected chi connectivity index (χ4v) is 2.00. The van der Waals surface area contributed by atoms with E-state index in [9.17, 15) is 13.9 Å². The quantitative estimate of drug-likeness (QED) is 0.833. The van der Waals surface area contributed by atoms with Crippen molar-refractivity contribution in [3.63, 3.8) is 0 Å². The monoisotopic (exact) mass is 227 g/mol. The lowest BCUT2D eigenvalue weighted by Crippen LogP contribution is -2.61. The minimum atomic E-state index is -1.10. The van der Waals surface area contributed by atoms with E-state index in [2.05, 4.69) is 0 Å². The van der Waals surface area contributed by atoms with E-state index in [1.807, 2.05) is 18.7 Å². The molecule has 16 heavy (non-hydrogen) atoms. The molecule has 0 bridgehead atoms. The SMILES string of the molecule is CC(C)N1CC(O)(c2cc(F)cc(F)c2)C1. The molecule has 0 radical (unpaired) electrons. The van der Waals surface area contributed by atoms with Crippen LogP contribution in [0.3, 0.4) is 0 Å². The Morgan fingerprint density at radius 3 is 2.12 bits per heavy atom. The number of rotatable bonds is 2. The minimum absolute atomic E-state index is 0.321. The van der Waals surface area contributed by atoms with Gasteiger partial charge in [-0.25, -0.2) is 8.78 Å². The molecule has 0 aliphatic carbocycles. The topological polar surface area (TPSA) is 23.5 Å². The summed E-state index contributed by atoms with van der Waals surface area (Å²) in [6.07, 6.45) is 0. The van der Waals surface area contributed by atoms with Gasteiger partial charge in [0.25, 0.3) is 0 Å². The van der Waals surface area contributed by atoms with Crippen molar-refractivity contribution in [3.05, 3.63) is 35.4 Å². The molecule has 0 unspecified atom stereocenters. The van der Waals surface area contributed by atoms with Gasteiger partial charge in [-0.05, 0) is 31.5 Å². The molecule has 1 aromatic rings. The Bertz CT molecular complexity index is 380. The number of benzene rings is 1. The van der Waals surface area contributed by atoms with E-state index in [4.69, 9.17) is 0 Å². The number of halogens is 2. The summed E-state index contributed by atoms with van der Waals surface area (Å²) in [5.41, 5.74) is -0.783. The number of nitrogens with zero attached hydrogens (tertiary/aromatic N) is 1. The fraction of sp³-hybridized carbons (Fsp3) is 0.500. The summed E-state index contributed by atoms with van der Waals surface area (Å²) in [5.74, 6) is -1.29. The maximum atomic E-state index is 13.0. The van der Waals surface area contributed by atoms with E-state index in [1.54, 1.807) is 0 Å². The van der Waals surface area contributed by atoms with Crippen molar-refractivity contribution in [1.82, 2.24) is 4.90 Å². The first-order valence-electron chi connectivity index (χ1n) is 5.34. The number of β-amino-alcohol motifs (C(OH)–C–C–N with tert-alkyl or cyclic N) is 1. The number of hydrogen-bond donors (Lipinski definition) is 1. The molecule has 1 aliphatic rings. The van der Waals surface area contributed by atoms with Crippen LogP contribution in [0.25, 0.3) is 0 Å². The second-order valence-corrected chi connectivity index (χ2v) is 4.69. The van der Waals surface area contributed by atoms with Gasteiger partial charge in [-0.3, -0.25) is 4.90 Å². The van der Waals surface area contributed by atoms with Crippen molar-refractivity contribution in [3.8, 4) is 0 Å². The van der Waals surface area contributed by atoms with Crippen LogP contribution in [0.1, 0.15) is 19.4 Å².